The third kappa shape index (κ3) is 4.49. The van der Waals surface area contributed by atoms with Crippen LogP contribution in [0, 0.1) is 5.92 Å². The van der Waals surface area contributed by atoms with Crippen molar-refractivity contribution in [3.05, 3.63) is 48.5 Å². The Morgan fingerprint density at radius 1 is 1.04 bits per heavy atom. The predicted octanol–water partition coefficient (Wildman–Crippen LogP) is 4.12. The molecule has 1 aliphatic heterocycles. The van der Waals surface area contributed by atoms with Crippen LogP contribution >= 0.6 is 0 Å². The van der Waals surface area contributed by atoms with Crippen LogP contribution in [0.2, 0.25) is 0 Å². The van der Waals surface area contributed by atoms with E-state index in [0.717, 1.165) is 24.7 Å². The number of hydrogen-bond acceptors (Lipinski definition) is 4. The number of hydrogen-bond donors (Lipinski definition) is 1. The maximum atomic E-state index is 12.5. The molecule has 0 aliphatic carbocycles. The monoisotopic (exact) mass is 374 g/mol. The van der Waals surface area contributed by atoms with Gasteiger partial charge >= 0.3 is 0 Å². The van der Waals surface area contributed by atoms with Crippen LogP contribution in [0.4, 0.5) is 11.4 Å². The van der Waals surface area contributed by atoms with E-state index < -0.39 is 10.0 Å². The lowest BCUT2D eigenvalue weighted by atomic mass is 9.99. The number of piperidine rings is 1. The molecule has 0 amide bonds. The Balaban J connectivity index is 1.67. The molecule has 0 spiro atoms. The van der Waals surface area contributed by atoms with Crippen molar-refractivity contribution in [1.29, 1.82) is 0 Å². The van der Waals surface area contributed by atoms with Crippen LogP contribution in [0.15, 0.2) is 53.4 Å². The molecule has 1 heterocycles. The Morgan fingerprint density at radius 3 is 2.23 bits per heavy atom. The summed E-state index contributed by atoms with van der Waals surface area (Å²) in [5, 5.41) is 0. The van der Waals surface area contributed by atoms with Gasteiger partial charge in [-0.25, -0.2) is 8.42 Å². The zero-order valence-electron chi connectivity index (χ0n) is 15.3. The van der Waals surface area contributed by atoms with Gasteiger partial charge in [0.1, 0.15) is 5.75 Å². The first-order valence-electron chi connectivity index (χ1n) is 9.08. The Hall–Kier alpha value is -2.21. The average Bonchev–Trinajstić information content (AvgIpc) is 2.64. The van der Waals surface area contributed by atoms with Gasteiger partial charge in [-0.1, -0.05) is 6.92 Å². The number of sulfonamides is 1. The van der Waals surface area contributed by atoms with E-state index in [1.807, 2.05) is 31.2 Å². The summed E-state index contributed by atoms with van der Waals surface area (Å²) in [5.41, 5.74) is 1.70. The van der Waals surface area contributed by atoms with Crippen LogP contribution in [0.1, 0.15) is 26.7 Å². The van der Waals surface area contributed by atoms with E-state index in [4.69, 9.17) is 4.74 Å². The fraction of sp³-hybridized carbons (Fsp3) is 0.400. The lowest BCUT2D eigenvalue weighted by molar-refractivity contribution is 0.340. The molecule has 0 aromatic heterocycles. The largest absolute Gasteiger partial charge is 0.494 e. The van der Waals surface area contributed by atoms with E-state index in [1.54, 1.807) is 24.3 Å². The summed E-state index contributed by atoms with van der Waals surface area (Å²) in [6.45, 7) is 6.83. The lowest BCUT2D eigenvalue weighted by Gasteiger charge is -2.32. The number of rotatable bonds is 6. The van der Waals surface area contributed by atoms with Gasteiger partial charge < -0.3 is 9.64 Å². The molecule has 140 valence electrons. The summed E-state index contributed by atoms with van der Waals surface area (Å²) in [6, 6.07) is 14.0. The zero-order chi connectivity index (χ0) is 18.6. The normalized spacial score (nSPS) is 15.7. The third-order valence-corrected chi connectivity index (χ3v) is 6.11. The van der Waals surface area contributed by atoms with Crippen LogP contribution in [0.3, 0.4) is 0 Å². The first-order chi connectivity index (χ1) is 12.5. The highest BCUT2D eigenvalue weighted by Gasteiger charge is 2.17. The third-order valence-electron chi connectivity index (χ3n) is 4.71. The van der Waals surface area contributed by atoms with E-state index in [9.17, 15) is 8.42 Å². The molecule has 5 nitrogen and oxygen atoms in total. The molecular formula is C20H26N2O3S. The summed E-state index contributed by atoms with van der Waals surface area (Å²) < 4.78 is 33.0. The summed E-state index contributed by atoms with van der Waals surface area (Å²) in [6.07, 6.45) is 2.40. The molecule has 1 fully saturated rings. The van der Waals surface area contributed by atoms with E-state index in [2.05, 4.69) is 16.5 Å². The van der Waals surface area contributed by atoms with Crippen molar-refractivity contribution in [2.75, 3.05) is 29.3 Å². The molecule has 6 heteroatoms. The van der Waals surface area contributed by atoms with Gasteiger partial charge in [-0.3, -0.25) is 4.72 Å². The summed E-state index contributed by atoms with van der Waals surface area (Å²) in [7, 11) is -3.61. The number of nitrogens with zero attached hydrogens (tertiary/aromatic N) is 1. The highest BCUT2D eigenvalue weighted by molar-refractivity contribution is 7.92. The highest BCUT2D eigenvalue weighted by Crippen LogP contribution is 2.25. The molecule has 1 saturated heterocycles. The zero-order valence-corrected chi connectivity index (χ0v) is 16.1. The van der Waals surface area contributed by atoms with Crippen molar-refractivity contribution in [1.82, 2.24) is 0 Å². The maximum absolute atomic E-state index is 12.5. The molecule has 0 saturated carbocycles. The van der Waals surface area contributed by atoms with E-state index in [1.165, 1.54) is 12.8 Å². The van der Waals surface area contributed by atoms with Crippen molar-refractivity contribution in [2.45, 2.75) is 31.6 Å². The number of benzene rings is 2. The molecule has 0 unspecified atom stereocenters. The molecule has 1 aliphatic rings. The lowest BCUT2D eigenvalue weighted by Crippen LogP contribution is -2.32. The molecule has 3 rings (SSSR count). The maximum Gasteiger partial charge on any atom is 0.261 e. The van der Waals surface area contributed by atoms with Gasteiger partial charge in [0.05, 0.1) is 11.5 Å². The smallest absolute Gasteiger partial charge is 0.261 e. The van der Waals surface area contributed by atoms with Gasteiger partial charge in [0.15, 0.2) is 0 Å². The van der Waals surface area contributed by atoms with Gasteiger partial charge in [-0.15, -0.1) is 0 Å². The van der Waals surface area contributed by atoms with Gasteiger partial charge in [-0.2, -0.15) is 0 Å². The van der Waals surface area contributed by atoms with Gasteiger partial charge in [0, 0.05) is 24.5 Å². The molecular weight excluding hydrogens is 348 g/mol. The fourth-order valence-electron chi connectivity index (χ4n) is 3.10. The Labute approximate surface area is 156 Å². The molecule has 26 heavy (non-hydrogen) atoms. The average molecular weight is 375 g/mol. The van der Waals surface area contributed by atoms with Crippen LogP contribution in [-0.4, -0.2) is 28.1 Å². The first kappa shape index (κ1) is 18.6. The van der Waals surface area contributed by atoms with Crippen molar-refractivity contribution < 1.29 is 13.2 Å². The van der Waals surface area contributed by atoms with Crippen LogP contribution in [0.25, 0.3) is 0 Å². The Morgan fingerprint density at radius 2 is 1.65 bits per heavy atom. The van der Waals surface area contributed by atoms with E-state index in [0.29, 0.717) is 18.0 Å². The van der Waals surface area contributed by atoms with E-state index in [-0.39, 0.29) is 4.90 Å². The van der Waals surface area contributed by atoms with Gasteiger partial charge in [-0.05, 0) is 74.2 Å². The minimum atomic E-state index is -3.61. The Bertz CT molecular complexity index is 809. The highest BCUT2D eigenvalue weighted by atomic mass is 32.2. The first-order valence-corrected chi connectivity index (χ1v) is 10.6. The van der Waals surface area contributed by atoms with Crippen molar-refractivity contribution >= 4 is 21.4 Å². The molecule has 0 radical (unpaired) electrons. The summed E-state index contributed by atoms with van der Waals surface area (Å²) in [5.74, 6) is 1.44. The molecule has 2 aromatic rings. The fourth-order valence-corrected chi connectivity index (χ4v) is 4.16. The van der Waals surface area contributed by atoms with Gasteiger partial charge in [0.2, 0.25) is 0 Å². The Kier molecular flexibility index (Phi) is 5.71. The summed E-state index contributed by atoms with van der Waals surface area (Å²) in [4.78, 5) is 2.57. The molecule has 2 aromatic carbocycles. The van der Waals surface area contributed by atoms with Crippen LogP contribution in [0.5, 0.6) is 5.75 Å². The number of ether oxygens (including phenoxy) is 1. The number of nitrogens with one attached hydrogen (secondary N) is 1. The molecule has 0 bridgehead atoms. The minimum Gasteiger partial charge on any atom is -0.494 e. The van der Waals surface area contributed by atoms with Gasteiger partial charge in [0.25, 0.3) is 10.0 Å². The van der Waals surface area contributed by atoms with Crippen LogP contribution < -0.4 is 14.4 Å². The second kappa shape index (κ2) is 7.99. The second-order valence-electron chi connectivity index (χ2n) is 6.73. The quantitative estimate of drug-likeness (QED) is 0.826. The standard InChI is InChI=1S/C20H26N2O3S/c1-3-25-19-8-10-20(11-9-19)26(23,24)21-17-4-6-18(7-5-17)22-14-12-16(2)13-15-22/h4-11,16,21H,3,12-15H2,1-2H3. The van der Waals surface area contributed by atoms with Crippen molar-refractivity contribution in [2.24, 2.45) is 5.92 Å². The van der Waals surface area contributed by atoms with Crippen molar-refractivity contribution in [3.8, 4) is 5.75 Å². The van der Waals surface area contributed by atoms with Crippen molar-refractivity contribution in [3.63, 3.8) is 0 Å². The predicted molar refractivity (Wildman–Crippen MR) is 105 cm³/mol. The second-order valence-corrected chi connectivity index (χ2v) is 8.41. The minimum absolute atomic E-state index is 0.218. The summed E-state index contributed by atoms with van der Waals surface area (Å²) >= 11 is 0. The topological polar surface area (TPSA) is 58.6 Å². The SMILES string of the molecule is CCOc1ccc(S(=O)(=O)Nc2ccc(N3CCC(C)CC3)cc2)cc1. The van der Waals surface area contributed by atoms with E-state index >= 15 is 0 Å². The number of anilines is 2. The molecule has 1 N–H and O–H groups in total. The molecule has 0 atom stereocenters. The van der Waals surface area contributed by atoms with Crippen LogP contribution in [-0.2, 0) is 10.0 Å².